The van der Waals surface area contributed by atoms with Crippen molar-refractivity contribution >= 4 is 33.3 Å². The summed E-state index contributed by atoms with van der Waals surface area (Å²) in [6.07, 6.45) is 11.7. The van der Waals surface area contributed by atoms with Crippen molar-refractivity contribution in [1.82, 2.24) is 14.9 Å². The summed E-state index contributed by atoms with van der Waals surface area (Å²) in [7, 11) is 0. The van der Waals surface area contributed by atoms with Crippen molar-refractivity contribution in [2.45, 2.75) is 64.7 Å². The maximum absolute atomic E-state index is 12.6. The number of aryl methyl sites for hydroxylation is 2. The average Bonchev–Trinajstić information content (AvgIpc) is 3.49. The third-order valence-corrected chi connectivity index (χ3v) is 7.90. The van der Waals surface area contributed by atoms with Crippen molar-refractivity contribution in [3.8, 4) is 11.6 Å². The summed E-state index contributed by atoms with van der Waals surface area (Å²) < 4.78 is 5.62. The highest BCUT2D eigenvalue weighted by molar-refractivity contribution is 7.19. The van der Waals surface area contributed by atoms with Gasteiger partial charge in [-0.3, -0.25) is 4.79 Å². The van der Waals surface area contributed by atoms with E-state index in [4.69, 9.17) is 14.4 Å². The quantitative estimate of drug-likeness (QED) is 0.446. The Morgan fingerprint density at radius 2 is 1.94 bits per heavy atom. The Balaban J connectivity index is 1.39. The molecule has 0 unspecified atom stereocenters. The van der Waals surface area contributed by atoms with E-state index in [1.807, 2.05) is 28.4 Å². The van der Waals surface area contributed by atoms with E-state index in [2.05, 4.69) is 11.8 Å². The Labute approximate surface area is 193 Å². The Bertz CT molecular complexity index is 1070. The highest BCUT2D eigenvalue weighted by Gasteiger charge is 2.27. The van der Waals surface area contributed by atoms with Crippen LogP contribution in [0.1, 0.15) is 62.3 Å². The number of thiophene rings is 1. The lowest BCUT2D eigenvalue weighted by Gasteiger charge is -2.36. The molecule has 170 valence electrons. The number of piperazine rings is 1. The Kier molecular flexibility index (Phi) is 6.44. The van der Waals surface area contributed by atoms with E-state index in [1.54, 1.807) is 6.26 Å². The van der Waals surface area contributed by atoms with Gasteiger partial charge in [0.05, 0.1) is 11.6 Å². The zero-order valence-electron chi connectivity index (χ0n) is 18.9. The summed E-state index contributed by atoms with van der Waals surface area (Å²) in [5.41, 5.74) is 1.45. The number of fused-ring (bicyclic) bond motifs is 3. The lowest BCUT2D eigenvalue weighted by atomic mass is 9.97. The Morgan fingerprint density at radius 1 is 1.09 bits per heavy atom. The van der Waals surface area contributed by atoms with Gasteiger partial charge in [0, 0.05) is 37.5 Å². The van der Waals surface area contributed by atoms with Crippen molar-refractivity contribution in [2.24, 2.45) is 0 Å². The fraction of sp³-hybridized carbons (Fsp3) is 0.560. The molecule has 1 fully saturated rings. The van der Waals surface area contributed by atoms with Crippen molar-refractivity contribution in [1.29, 1.82) is 0 Å². The van der Waals surface area contributed by atoms with Gasteiger partial charge in [-0.1, -0.05) is 26.2 Å². The molecule has 0 spiro atoms. The molecule has 0 aromatic carbocycles. The molecule has 3 aromatic heterocycles. The van der Waals surface area contributed by atoms with Gasteiger partial charge in [-0.05, 0) is 49.8 Å². The number of furan rings is 1. The van der Waals surface area contributed by atoms with Gasteiger partial charge in [0.2, 0.25) is 5.91 Å². The first kappa shape index (κ1) is 21.4. The molecule has 0 radical (unpaired) electrons. The van der Waals surface area contributed by atoms with Crippen LogP contribution in [0, 0.1) is 0 Å². The maximum Gasteiger partial charge on any atom is 0.222 e. The average molecular weight is 453 g/mol. The van der Waals surface area contributed by atoms with E-state index >= 15 is 0 Å². The van der Waals surface area contributed by atoms with Gasteiger partial charge in [0.15, 0.2) is 11.6 Å². The molecular formula is C25H32N4O2S. The zero-order chi connectivity index (χ0) is 21.9. The summed E-state index contributed by atoms with van der Waals surface area (Å²) in [6, 6.07) is 3.81. The van der Waals surface area contributed by atoms with Crippen molar-refractivity contribution in [3.05, 3.63) is 28.8 Å². The minimum Gasteiger partial charge on any atom is -0.461 e. The van der Waals surface area contributed by atoms with E-state index in [1.165, 1.54) is 41.5 Å². The van der Waals surface area contributed by atoms with Gasteiger partial charge in [0.1, 0.15) is 10.6 Å². The van der Waals surface area contributed by atoms with Gasteiger partial charge in [-0.2, -0.15) is 0 Å². The topological polar surface area (TPSA) is 62.5 Å². The van der Waals surface area contributed by atoms with Crippen LogP contribution < -0.4 is 4.90 Å². The Hall–Kier alpha value is -2.41. The fourth-order valence-corrected chi connectivity index (χ4v) is 6.17. The molecule has 1 amide bonds. The number of hydrogen-bond donors (Lipinski definition) is 0. The standard InChI is InChI=1S/C25H32N4O2S/c1-2-3-4-5-12-21(30)28-13-15-29(16-14-28)24-22-18-9-6-7-11-20(18)32-25(22)27-23(26-24)19-10-8-17-31-19/h8,10,17H,2-7,9,11-16H2,1H3. The predicted molar refractivity (Wildman–Crippen MR) is 129 cm³/mol. The van der Waals surface area contributed by atoms with Gasteiger partial charge in [-0.25, -0.2) is 9.97 Å². The van der Waals surface area contributed by atoms with Crippen LogP contribution in [0.2, 0.25) is 0 Å². The Morgan fingerprint density at radius 3 is 2.72 bits per heavy atom. The molecule has 32 heavy (non-hydrogen) atoms. The van der Waals surface area contributed by atoms with Crippen molar-refractivity contribution < 1.29 is 9.21 Å². The predicted octanol–water partition coefficient (Wildman–Crippen LogP) is 5.45. The second-order valence-corrected chi connectivity index (χ2v) is 10.0. The lowest BCUT2D eigenvalue weighted by molar-refractivity contribution is -0.131. The van der Waals surface area contributed by atoms with E-state index in [0.29, 0.717) is 23.9 Å². The first-order valence-electron chi connectivity index (χ1n) is 12.1. The maximum atomic E-state index is 12.6. The molecule has 1 saturated heterocycles. The molecule has 1 aliphatic carbocycles. The van der Waals surface area contributed by atoms with Crippen LogP contribution in [0.15, 0.2) is 22.8 Å². The number of hydrogen-bond acceptors (Lipinski definition) is 6. The van der Waals surface area contributed by atoms with Gasteiger partial charge < -0.3 is 14.2 Å². The third-order valence-electron chi connectivity index (χ3n) is 6.71. The molecular weight excluding hydrogens is 420 g/mol. The van der Waals surface area contributed by atoms with Gasteiger partial charge in [0.25, 0.3) is 0 Å². The van der Waals surface area contributed by atoms with Crippen LogP contribution in [0.4, 0.5) is 5.82 Å². The molecule has 4 heterocycles. The normalized spacial score (nSPS) is 16.5. The largest absolute Gasteiger partial charge is 0.461 e. The molecule has 0 saturated carbocycles. The molecule has 7 heteroatoms. The number of unbranched alkanes of at least 4 members (excludes halogenated alkanes) is 3. The van der Waals surface area contributed by atoms with E-state index in [9.17, 15) is 4.79 Å². The number of nitrogens with zero attached hydrogens (tertiary/aromatic N) is 4. The number of amides is 1. The summed E-state index contributed by atoms with van der Waals surface area (Å²) in [4.78, 5) is 29.5. The second-order valence-electron chi connectivity index (χ2n) is 8.92. The smallest absolute Gasteiger partial charge is 0.222 e. The van der Waals surface area contributed by atoms with E-state index in [-0.39, 0.29) is 0 Å². The number of rotatable bonds is 7. The fourth-order valence-electron chi connectivity index (χ4n) is 4.91. The third kappa shape index (κ3) is 4.27. The summed E-state index contributed by atoms with van der Waals surface area (Å²) in [6.45, 7) is 5.36. The highest BCUT2D eigenvalue weighted by atomic mass is 32.1. The number of anilines is 1. The summed E-state index contributed by atoms with van der Waals surface area (Å²) >= 11 is 1.82. The molecule has 0 atom stereocenters. The first-order valence-corrected chi connectivity index (χ1v) is 12.9. The molecule has 0 bridgehead atoms. The van der Waals surface area contributed by atoms with Gasteiger partial charge in [-0.15, -0.1) is 11.3 Å². The molecule has 3 aromatic rings. The minimum atomic E-state index is 0.303. The van der Waals surface area contributed by atoms with Crippen LogP contribution >= 0.6 is 11.3 Å². The summed E-state index contributed by atoms with van der Waals surface area (Å²) in [5.74, 6) is 2.69. The highest BCUT2D eigenvalue weighted by Crippen LogP contribution is 2.41. The molecule has 2 aliphatic rings. The summed E-state index contributed by atoms with van der Waals surface area (Å²) in [5, 5.41) is 1.24. The first-order chi connectivity index (χ1) is 15.7. The van der Waals surface area contributed by atoms with Crippen LogP contribution in [-0.2, 0) is 17.6 Å². The molecule has 5 rings (SSSR count). The number of aromatic nitrogens is 2. The number of carbonyl (C=O) groups is 1. The lowest BCUT2D eigenvalue weighted by Crippen LogP contribution is -2.49. The van der Waals surface area contributed by atoms with Crippen LogP contribution in [0.3, 0.4) is 0 Å². The van der Waals surface area contributed by atoms with Gasteiger partial charge >= 0.3 is 0 Å². The van der Waals surface area contributed by atoms with Crippen LogP contribution in [0.25, 0.3) is 21.8 Å². The zero-order valence-corrected chi connectivity index (χ0v) is 19.8. The minimum absolute atomic E-state index is 0.303. The second kappa shape index (κ2) is 9.61. The molecule has 1 aliphatic heterocycles. The monoisotopic (exact) mass is 452 g/mol. The van der Waals surface area contributed by atoms with Crippen LogP contribution in [0.5, 0.6) is 0 Å². The molecule has 6 nitrogen and oxygen atoms in total. The van der Waals surface area contributed by atoms with Crippen LogP contribution in [-0.4, -0.2) is 47.0 Å². The number of carbonyl (C=O) groups excluding carboxylic acids is 1. The SMILES string of the molecule is CCCCCCC(=O)N1CCN(c2nc(-c3ccco3)nc3sc4c(c23)CCCC4)CC1. The molecule has 0 N–H and O–H groups in total. The van der Waals surface area contributed by atoms with E-state index in [0.717, 1.165) is 62.5 Å². The van der Waals surface area contributed by atoms with E-state index < -0.39 is 0 Å². The van der Waals surface area contributed by atoms with Crippen molar-refractivity contribution in [3.63, 3.8) is 0 Å². The van der Waals surface area contributed by atoms with Crippen molar-refractivity contribution in [2.75, 3.05) is 31.1 Å².